The lowest BCUT2D eigenvalue weighted by Gasteiger charge is -2.32. The quantitative estimate of drug-likeness (QED) is 0.212. The van der Waals surface area contributed by atoms with E-state index in [1.807, 2.05) is 13.8 Å². The molecule has 0 aromatic rings. The summed E-state index contributed by atoms with van der Waals surface area (Å²) in [6.45, 7) is 21.4. The van der Waals surface area contributed by atoms with E-state index >= 15 is 0 Å². The molecule has 0 aliphatic heterocycles. The molecule has 1 heteroatoms. The van der Waals surface area contributed by atoms with Gasteiger partial charge in [-0.15, -0.1) is 0 Å². The van der Waals surface area contributed by atoms with Crippen molar-refractivity contribution in [2.45, 2.75) is 113 Å². The van der Waals surface area contributed by atoms with Crippen LogP contribution in [0.25, 0.3) is 0 Å². The van der Waals surface area contributed by atoms with E-state index < -0.39 is 5.60 Å². The van der Waals surface area contributed by atoms with Crippen molar-refractivity contribution in [2.24, 2.45) is 5.41 Å². The minimum Gasteiger partial charge on any atom is -0.390 e. The summed E-state index contributed by atoms with van der Waals surface area (Å²) < 4.78 is 0. The van der Waals surface area contributed by atoms with Crippen molar-refractivity contribution in [3.63, 3.8) is 0 Å². The molecule has 224 valence electrons. The molecular weight excluding hydrogens is 496 g/mol. The van der Waals surface area contributed by atoms with Crippen LogP contribution in [0.15, 0.2) is 130 Å². The fourth-order valence-corrected chi connectivity index (χ4v) is 4.81. The number of rotatable bonds is 14. The molecule has 0 spiro atoms. The first-order valence-corrected chi connectivity index (χ1v) is 15.4. The van der Waals surface area contributed by atoms with Crippen LogP contribution < -0.4 is 0 Å². The van der Waals surface area contributed by atoms with Crippen molar-refractivity contribution in [1.29, 1.82) is 0 Å². The van der Waals surface area contributed by atoms with Gasteiger partial charge in [-0.3, -0.25) is 0 Å². The second-order valence-corrected chi connectivity index (χ2v) is 13.0. The molecule has 1 nitrogen and oxygen atoms in total. The fraction of sp³-hybridized carbons (Fsp3) is 0.450. The molecule has 0 bridgehead atoms. The third-order valence-corrected chi connectivity index (χ3v) is 7.42. The van der Waals surface area contributed by atoms with Crippen LogP contribution >= 0.6 is 0 Å². The molecule has 0 unspecified atom stereocenters. The van der Waals surface area contributed by atoms with Gasteiger partial charge < -0.3 is 5.11 Å². The molecule has 0 saturated heterocycles. The Morgan fingerprint density at radius 3 is 1.68 bits per heavy atom. The summed E-state index contributed by atoms with van der Waals surface area (Å²) in [7, 11) is 0. The van der Waals surface area contributed by atoms with E-state index in [1.54, 1.807) is 5.57 Å². The highest BCUT2D eigenvalue weighted by atomic mass is 16.3. The maximum absolute atomic E-state index is 9.82. The summed E-state index contributed by atoms with van der Waals surface area (Å²) in [5, 5.41) is 9.82. The maximum atomic E-state index is 9.82. The topological polar surface area (TPSA) is 20.2 Å². The van der Waals surface area contributed by atoms with Crippen LogP contribution in [0.3, 0.4) is 0 Å². The smallest absolute Gasteiger partial charge is 0.0591 e. The zero-order valence-corrected chi connectivity index (χ0v) is 27.9. The number of hydrogen-bond acceptors (Lipinski definition) is 1. The lowest BCUT2D eigenvalue weighted by molar-refractivity contribution is 0.0689. The van der Waals surface area contributed by atoms with Crippen LogP contribution in [0.1, 0.15) is 108 Å². The minimum absolute atomic E-state index is 0.285. The molecule has 1 aliphatic rings. The average molecular weight is 555 g/mol. The van der Waals surface area contributed by atoms with Crippen molar-refractivity contribution in [3.8, 4) is 0 Å². The largest absolute Gasteiger partial charge is 0.390 e. The monoisotopic (exact) mass is 554 g/mol. The molecule has 0 amide bonds. The molecule has 1 aliphatic carbocycles. The Morgan fingerprint density at radius 2 is 1.20 bits per heavy atom. The summed E-state index contributed by atoms with van der Waals surface area (Å²) in [6.07, 6.45) is 38.9. The van der Waals surface area contributed by atoms with E-state index in [-0.39, 0.29) is 5.41 Å². The lowest BCUT2D eigenvalue weighted by Crippen LogP contribution is -2.19. The second-order valence-electron chi connectivity index (χ2n) is 13.0. The summed E-state index contributed by atoms with van der Waals surface area (Å²) in [5.74, 6) is 0. The van der Waals surface area contributed by atoms with Crippen LogP contribution in [0, 0.1) is 5.41 Å². The van der Waals surface area contributed by atoms with Gasteiger partial charge in [-0.2, -0.15) is 0 Å². The summed E-state index contributed by atoms with van der Waals surface area (Å²) in [5.41, 5.74) is 9.00. The minimum atomic E-state index is -0.574. The summed E-state index contributed by atoms with van der Waals surface area (Å²) >= 11 is 0. The highest BCUT2D eigenvalue weighted by Crippen LogP contribution is 2.40. The van der Waals surface area contributed by atoms with Gasteiger partial charge in [0.25, 0.3) is 0 Å². The number of allylic oxidation sites excluding steroid dienone is 22. The van der Waals surface area contributed by atoms with Crippen molar-refractivity contribution in [2.75, 3.05) is 0 Å². The standard InChI is InChI=1S/C40H58O/c1-32(20-13-22-34(3)23-14-24-35(4)26-16-31-40(9,10)41)18-11-12-19-33(2)21-15-25-36(5)28-29-38-37(6)27-17-30-39(38,7)8/h11-15,18-25,28-29,41H,16-17,26-27,30-31H2,1-10H3/b12-11+,20-13+,21-15+,23-14+,29-28+,32-18+,33-19+,34-22+,35-24+,36-25+. The van der Waals surface area contributed by atoms with E-state index in [0.29, 0.717) is 0 Å². The molecule has 0 radical (unpaired) electrons. The van der Waals surface area contributed by atoms with Gasteiger partial charge >= 0.3 is 0 Å². The summed E-state index contributed by atoms with van der Waals surface area (Å²) in [6, 6.07) is 0. The molecule has 0 aromatic heterocycles. The molecule has 1 rings (SSSR count). The van der Waals surface area contributed by atoms with Gasteiger partial charge in [0.2, 0.25) is 0 Å². The van der Waals surface area contributed by atoms with Crippen LogP contribution in [0.4, 0.5) is 0 Å². The summed E-state index contributed by atoms with van der Waals surface area (Å²) in [4.78, 5) is 0. The van der Waals surface area contributed by atoms with Gasteiger partial charge in [-0.05, 0) is 105 Å². The Kier molecular flexibility index (Phi) is 16.3. The van der Waals surface area contributed by atoms with Gasteiger partial charge in [-0.1, -0.05) is 138 Å². The van der Waals surface area contributed by atoms with Crippen LogP contribution in [-0.4, -0.2) is 10.7 Å². The van der Waals surface area contributed by atoms with Crippen molar-refractivity contribution >= 4 is 0 Å². The molecule has 0 fully saturated rings. The Morgan fingerprint density at radius 1 is 0.732 bits per heavy atom. The highest BCUT2D eigenvalue weighted by Gasteiger charge is 2.26. The van der Waals surface area contributed by atoms with Gasteiger partial charge in [-0.25, -0.2) is 0 Å². The average Bonchev–Trinajstić information content (AvgIpc) is 2.85. The van der Waals surface area contributed by atoms with E-state index in [9.17, 15) is 5.11 Å². The molecule has 41 heavy (non-hydrogen) atoms. The zero-order chi connectivity index (χ0) is 30.9. The second kappa shape index (κ2) is 18.5. The van der Waals surface area contributed by atoms with Crippen molar-refractivity contribution < 1.29 is 5.11 Å². The molecule has 1 N–H and O–H groups in total. The third-order valence-electron chi connectivity index (χ3n) is 7.42. The number of aliphatic hydroxyl groups is 1. The molecule has 0 heterocycles. The molecule has 0 saturated carbocycles. The fourth-order valence-electron chi connectivity index (χ4n) is 4.81. The Labute approximate surface area is 253 Å². The molecule has 0 aromatic carbocycles. The van der Waals surface area contributed by atoms with Crippen LogP contribution in [0.2, 0.25) is 0 Å². The third kappa shape index (κ3) is 17.5. The number of hydrogen-bond donors (Lipinski definition) is 1. The molecular formula is C40H58O. The molecule has 0 atom stereocenters. The van der Waals surface area contributed by atoms with E-state index in [0.717, 1.165) is 19.3 Å². The van der Waals surface area contributed by atoms with E-state index in [2.05, 4.69) is 147 Å². The SMILES string of the molecule is CC1=C(/C=C/C(C)=C/C=C/C(C)=C/C=C/C=C(C)/C=C/C=C(C)/C=C/C=C(\C)CCCC(C)(C)O)C(C)(C)CCC1. The first-order chi connectivity index (χ1) is 19.2. The van der Waals surface area contributed by atoms with Crippen LogP contribution in [0.5, 0.6) is 0 Å². The van der Waals surface area contributed by atoms with Gasteiger partial charge in [0.15, 0.2) is 0 Å². The van der Waals surface area contributed by atoms with Gasteiger partial charge in [0.1, 0.15) is 0 Å². The van der Waals surface area contributed by atoms with Gasteiger partial charge in [0.05, 0.1) is 5.60 Å². The van der Waals surface area contributed by atoms with E-state index in [1.165, 1.54) is 52.7 Å². The Hall–Kier alpha value is -2.90. The van der Waals surface area contributed by atoms with E-state index in [4.69, 9.17) is 0 Å². The van der Waals surface area contributed by atoms with Crippen molar-refractivity contribution in [3.05, 3.63) is 130 Å². The normalized spacial score (nSPS) is 19.0. The predicted molar refractivity (Wildman–Crippen MR) is 185 cm³/mol. The Balaban J connectivity index is 2.56. The highest BCUT2D eigenvalue weighted by molar-refractivity contribution is 5.37. The zero-order valence-electron chi connectivity index (χ0n) is 27.9. The first kappa shape index (κ1) is 36.1. The van der Waals surface area contributed by atoms with Crippen LogP contribution in [-0.2, 0) is 0 Å². The van der Waals surface area contributed by atoms with Crippen molar-refractivity contribution in [1.82, 2.24) is 0 Å². The maximum Gasteiger partial charge on any atom is 0.0591 e. The predicted octanol–water partition coefficient (Wildman–Crippen LogP) is 12.0. The van der Waals surface area contributed by atoms with Gasteiger partial charge in [0, 0.05) is 0 Å². The Bertz CT molecular complexity index is 1170. The first-order valence-electron chi connectivity index (χ1n) is 15.4. The lowest BCUT2D eigenvalue weighted by atomic mass is 9.72.